The standard InChI is InChI=1S/C17H26N2O4/c1-14-6-4-8-17(21)19(14)10-5-9-18-16(20)13-22-12-15-7-2-3-11-23-15/h4,6,8,15H,2-3,5,7,9-13H2,1H3,(H,18,20)/t15-/m0/s1. The van der Waals surface area contributed by atoms with Crippen LogP contribution >= 0.6 is 0 Å². The molecule has 0 radical (unpaired) electrons. The maximum absolute atomic E-state index is 11.7. The summed E-state index contributed by atoms with van der Waals surface area (Å²) >= 11 is 0. The molecular formula is C17H26N2O4. The lowest BCUT2D eigenvalue weighted by molar-refractivity contribution is -0.127. The second-order valence-corrected chi connectivity index (χ2v) is 5.86. The zero-order valence-electron chi connectivity index (χ0n) is 13.8. The summed E-state index contributed by atoms with van der Waals surface area (Å²) < 4.78 is 12.6. The molecule has 0 unspecified atom stereocenters. The van der Waals surface area contributed by atoms with Gasteiger partial charge in [0.05, 0.1) is 12.7 Å². The predicted molar refractivity (Wildman–Crippen MR) is 87.5 cm³/mol. The second-order valence-electron chi connectivity index (χ2n) is 5.86. The van der Waals surface area contributed by atoms with Crippen LogP contribution in [0.5, 0.6) is 0 Å². The van der Waals surface area contributed by atoms with E-state index < -0.39 is 0 Å². The molecule has 1 aromatic rings. The molecule has 1 aliphatic rings. The monoisotopic (exact) mass is 322 g/mol. The summed E-state index contributed by atoms with van der Waals surface area (Å²) in [5.74, 6) is -0.127. The van der Waals surface area contributed by atoms with Crippen LogP contribution in [0.25, 0.3) is 0 Å². The summed E-state index contributed by atoms with van der Waals surface area (Å²) in [7, 11) is 0. The molecule has 0 spiro atoms. The zero-order valence-corrected chi connectivity index (χ0v) is 13.8. The fourth-order valence-electron chi connectivity index (χ4n) is 2.65. The highest BCUT2D eigenvalue weighted by molar-refractivity contribution is 5.77. The maximum Gasteiger partial charge on any atom is 0.250 e. The molecule has 128 valence electrons. The van der Waals surface area contributed by atoms with Gasteiger partial charge in [-0.15, -0.1) is 0 Å². The topological polar surface area (TPSA) is 69.6 Å². The number of nitrogens with one attached hydrogen (secondary N) is 1. The number of amides is 1. The average Bonchev–Trinajstić information content (AvgIpc) is 2.55. The highest BCUT2D eigenvalue weighted by Crippen LogP contribution is 2.12. The summed E-state index contributed by atoms with van der Waals surface area (Å²) in [6.07, 6.45) is 4.12. The van der Waals surface area contributed by atoms with Crippen molar-refractivity contribution in [1.82, 2.24) is 9.88 Å². The maximum atomic E-state index is 11.7. The van der Waals surface area contributed by atoms with Crippen molar-refractivity contribution in [2.45, 2.75) is 45.3 Å². The highest BCUT2D eigenvalue weighted by atomic mass is 16.5. The van der Waals surface area contributed by atoms with Crippen LogP contribution in [0.3, 0.4) is 0 Å². The van der Waals surface area contributed by atoms with Gasteiger partial charge >= 0.3 is 0 Å². The van der Waals surface area contributed by atoms with Crippen LogP contribution in [0.15, 0.2) is 23.0 Å². The van der Waals surface area contributed by atoms with Gasteiger partial charge in [-0.25, -0.2) is 0 Å². The first-order valence-corrected chi connectivity index (χ1v) is 8.29. The van der Waals surface area contributed by atoms with Crippen LogP contribution in [0.4, 0.5) is 0 Å². The van der Waals surface area contributed by atoms with Crippen LogP contribution in [0.2, 0.25) is 0 Å². The Balaban J connectivity index is 1.57. The summed E-state index contributed by atoms with van der Waals surface area (Å²) in [6, 6.07) is 5.21. The first-order chi connectivity index (χ1) is 11.2. The van der Waals surface area contributed by atoms with E-state index >= 15 is 0 Å². The Bertz CT molecular complexity index is 550. The lowest BCUT2D eigenvalue weighted by Gasteiger charge is -2.22. The molecule has 1 N–H and O–H groups in total. The highest BCUT2D eigenvalue weighted by Gasteiger charge is 2.14. The van der Waals surface area contributed by atoms with Crippen LogP contribution in [0, 0.1) is 6.92 Å². The van der Waals surface area contributed by atoms with Crippen molar-refractivity contribution in [3.8, 4) is 0 Å². The minimum Gasteiger partial charge on any atom is -0.376 e. The Labute approximate surface area is 136 Å². The SMILES string of the molecule is Cc1cccc(=O)n1CCCNC(=O)COC[C@@H]1CCCCO1. The number of carbonyl (C=O) groups excluding carboxylic acids is 1. The molecule has 1 amide bonds. The molecule has 0 aliphatic carbocycles. The Morgan fingerprint density at radius 1 is 1.43 bits per heavy atom. The van der Waals surface area contributed by atoms with E-state index in [4.69, 9.17) is 9.47 Å². The Kier molecular flexibility index (Phi) is 7.29. The molecule has 1 saturated heterocycles. The third kappa shape index (κ3) is 6.15. The van der Waals surface area contributed by atoms with Gasteiger partial charge in [0, 0.05) is 31.5 Å². The number of carbonyl (C=O) groups is 1. The van der Waals surface area contributed by atoms with E-state index in [-0.39, 0.29) is 24.2 Å². The minimum atomic E-state index is -0.127. The van der Waals surface area contributed by atoms with Crippen LogP contribution < -0.4 is 10.9 Å². The van der Waals surface area contributed by atoms with Gasteiger partial charge in [-0.05, 0) is 38.7 Å². The van der Waals surface area contributed by atoms with Crippen molar-refractivity contribution < 1.29 is 14.3 Å². The number of aryl methyl sites for hydroxylation is 1. The van der Waals surface area contributed by atoms with Gasteiger partial charge in [-0.2, -0.15) is 0 Å². The first-order valence-electron chi connectivity index (χ1n) is 8.29. The van der Waals surface area contributed by atoms with E-state index in [1.54, 1.807) is 16.7 Å². The molecule has 0 aromatic carbocycles. The number of aromatic nitrogens is 1. The molecule has 1 aromatic heterocycles. The van der Waals surface area contributed by atoms with Crippen LogP contribution in [-0.2, 0) is 20.8 Å². The van der Waals surface area contributed by atoms with Crippen molar-refractivity contribution in [2.75, 3.05) is 26.4 Å². The quantitative estimate of drug-likeness (QED) is 0.731. The number of pyridine rings is 1. The lowest BCUT2D eigenvalue weighted by atomic mass is 10.1. The van der Waals surface area contributed by atoms with Crippen molar-refractivity contribution in [1.29, 1.82) is 0 Å². The molecule has 1 aliphatic heterocycles. The second kappa shape index (κ2) is 9.47. The number of hydrogen-bond donors (Lipinski definition) is 1. The van der Waals surface area contributed by atoms with Gasteiger partial charge < -0.3 is 19.4 Å². The molecule has 6 nitrogen and oxygen atoms in total. The van der Waals surface area contributed by atoms with E-state index in [9.17, 15) is 9.59 Å². The molecule has 2 heterocycles. The zero-order chi connectivity index (χ0) is 16.5. The van der Waals surface area contributed by atoms with Crippen LogP contribution in [-0.4, -0.2) is 42.9 Å². The van der Waals surface area contributed by atoms with Crippen LogP contribution in [0.1, 0.15) is 31.4 Å². The molecule has 2 rings (SSSR count). The van der Waals surface area contributed by atoms with E-state index in [0.29, 0.717) is 26.1 Å². The normalized spacial score (nSPS) is 17.9. The summed E-state index contributed by atoms with van der Waals surface area (Å²) in [6.45, 7) is 4.36. The summed E-state index contributed by atoms with van der Waals surface area (Å²) in [5.41, 5.74) is 0.923. The van der Waals surface area contributed by atoms with Crippen molar-refractivity contribution in [3.05, 3.63) is 34.2 Å². The first kappa shape index (κ1) is 17.7. The number of rotatable bonds is 8. The van der Waals surface area contributed by atoms with Gasteiger partial charge in [-0.1, -0.05) is 6.07 Å². The molecule has 23 heavy (non-hydrogen) atoms. The van der Waals surface area contributed by atoms with E-state index in [0.717, 1.165) is 25.1 Å². The van der Waals surface area contributed by atoms with Gasteiger partial charge in [0.1, 0.15) is 6.61 Å². The van der Waals surface area contributed by atoms with Gasteiger partial charge in [0.15, 0.2) is 0 Å². The minimum absolute atomic E-state index is 0.00728. The molecule has 1 fully saturated rings. The number of ether oxygens (including phenoxy) is 2. The number of hydrogen-bond acceptors (Lipinski definition) is 4. The average molecular weight is 322 g/mol. The molecule has 6 heteroatoms. The van der Waals surface area contributed by atoms with E-state index in [1.807, 2.05) is 13.0 Å². The van der Waals surface area contributed by atoms with Gasteiger partial charge in [0.25, 0.3) is 5.56 Å². The lowest BCUT2D eigenvalue weighted by Crippen LogP contribution is -2.32. The Morgan fingerprint density at radius 3 is 3.04 bits per heavy atom. The third-order valence-electron chi connectivity index (χ3n) is 3.96. The molecular weight excluding hydrogens is 296 g/mol. The largest absolute Gasteiger partial charge is 0.376 e. The number of nitrogens with zero attached hydrogens (tertiary/aromatic N) is 1. The Hall–Kier alpha value is -1.66. The molecule has 1 atom stereocenters. The van der Waals surface area contributed by atoms with Crippen molar-refractivity contribution in [2.24, 2.45) is 0 Å². The fraction of sp³-hybridized carbons (Fsp3) is 0.647. The fourth-order valence-corrected chi connectivity index (χ4v) is 2.65. The Morgan fingerprint density at radius 2 is 2.30 bits per heavy atom. The molecule has 0 saturated carbocycles. The van der Waals surface area contributed by atoms with E-state index in [2.05, 4.69) is 5.32 Å². The van der Waals surface area contributed by atoms with Gasteiger partial charge in [-0.3, -0.25) is 9.59 Å². The van der Waals surface area contributed by atoms with Gasteiger partial charge in [0.2, 0.25) is 5.91 Å². The van der Waals surface area contributed by atoms with E-state index in [1.165, 1.54) is 6.42 Å². The van der Waals surface area contributed by atoms with Crippen molar-refractivity contribution in [3.63, 3.8) is 0 Å². The third-order valence-corrected chi connectivity index (χ3v) is 3.96. The molecule has 0 bridgehead atoms. The summed E-state index contributed by atoms with van der Waals surface area (Å²) in [4.78, 5) is 23.4. The predicted octanol–water partition coefficient (Wildman–Crippen LogP) is 1.25. The summed E-state index contributed by atoms with van der Waals surface area (Å²) in [5, 5.41) is 2.81. The van der Waals surface area contributed by atoms with Crippen molar-refractivity contribution >= 4 is 5.91 Å². The smallest absolute Gasteiger partial charge is 0.250 e.